The molecule has 1 aromatic rings. The number of hydrogen-bond donors (Lipinski definition) is 0. The minimum absolute atomic E-state index is 0.0895. The number of carbonyl (C=O) groups excluding carboxylic acids is 1. The molecule has 0 aliphatic carbocycles. The van der Waals surface area contributed by atoms with Crippen LogP contribution in [0.1, 0.15) is 44.2 Å². The molecule has 0 spiro atoms. The van der Waals surface area contributed by atoms with Crippen LogP contribution in [0.15, 0.2) is 12.3 Å². The highest BCUT2D eigenvalue weighted by atomic mass is 16.1. The van der Waals surface area contributed by atoms with E-state index >= 15 is 0 Å². The van der Waals surface area contributed by atoms with Gasteiger partial charge in [0, 0.05) is 31.7 Å². The van der Waals surface area contributed by atoms with Crippen molar-refractivity contribution >= 4 is 5.78 Å². The molecule has 1 aromatic heterocycles. The number of aromatic nitrogens is 2. The van der Waals surface area contributed by atoms with Crippen LogP contribution in [-0.4, -0.2) is 39.1 Å². The molecule has 16 heavy (non-hydrogen) atoms. The van der Waals surface area contributed by atoms with Crippen molar-refractivity contribution in [2.75, 3.05) is 13.1 Å². The molecule has 88 valence electrons. The smallest absolute Gasteiger partial charge is 0.177 e. The van der Waals surface area contributed by atoms with E-state index in [1.807, 2.05) is 4.68 Å². The highest BCUT2D eigenvalue weighted by molar-refractivity contribution is 5.92. The lowest BCUT2D eigenvalue weighted by Crippen LogP contribution is -2.56. The van der Waals surface area contributed by atoms with Gasteiger partial charge in [-0.15, -0.1) is 0 Å². The number of ketones is 1. The van der Waals surface area contributed by atoms with Crippen molar-refractivity contribution in [2.24, 2.45) is 0 Å². The first-order valence-corrected chi connectivity index (χ1v) is 5.69. The molecule has 1 saturated heterocycles. The van der Waals surface area contributed by atoms with E-state index in [1.165, 1.54) is 0 Å². The number of likely N-dealkylation sites (tertiary alicyclic amines) is 1. The van der Waals surface area contributed by atoms with Crippen molar-refractivity contribution in [3.05, 3.63) is 18.0 Å². The second-order valence-electron chi connectivity index (χ2n) is 5.45. The van der Waals surface area contributed by atoms with Crippen LogP contribution in [0.3, 0.4) is 0 Å². The third-order valence-corrected chi connectivity index (χ3v) is 3.19. The summed E-state index contributed by atoms with van der Waals surface area (Å²) in [4.78, 5) is 13.8. The average Bonchev–Trinajstić information content (AvgIpc) is 2.46. The molecule has 0 atom stereocenters. The molecule has 0 radical (unpaired) electrons. The van der Waals surface area contributed by atoms with Crippen LogP contribution < -0.4 is 0 Å². The van der Waals surface area contributed by atoms with Gasteiger partial charge in [-0.2, -0.15) is 5.10 Å². The summed E-state index contributed by atoms with van der Waals surface area (Å²) >= 11 is 0. The van der Waals surface area contributed by atoms with Gasteiger partial charge in [0.05, 0.1) is 6.04 Å². The molecule has 0 N–H and O–H groups in total. The van der Waals surface area contributed by atoms with Crippen LogP contribution >= 0.6 is 0 Å². The Morgan fingerprint density at radius 1 is 1.44 bits per heavy atom. The SMILES string of the molecule is CC(=O)c1ccnn1C1CN(C(C)(C)C)C1. The Labute approximate surface area is 96.2 Å². The zero-order valence-electron chi connectivity index (χ0n) is 10.4. The molecule has 4 nitrogen and oxygen atoms in total. The van der Waals surface area contributed by atoms with Gasteiger partial charge in [-0.1, -0.05) is 0 Å². The molecule has 0 unspecified atom stereocenters. The van der Waals surface area contributed by atoms with E-state index in [2.05, 4.69) is 30.8 Å². The Morgan fingerprint density at radius 3 is 2.56 bits per heavy atom. The Kier molecular flexibility index (Phi) is 2.62. The summed E-state index contributed by atoms with van der Waals surface area (Å²) in [7, 11) is 0. The Bertz CT molecular complexity index is 397. The fourth-order valence-electron chi connectivity index (χ4n) is 2.04. The number of hydrogen-bond acceptors (Lipinski definition) is 3. The molecule has 0 amide bonds. The second-order valence-corrected chi connectivity index (χ2v) is 5.45. The summed E-state index contributed by atoms with van der Waals surface area (Å²) in [5.41, 5.74) is 0.929. The van der Waals surface area contributed by atoms with E-state index in [4.69, 9.17) is 0 Å². The normalized spacial score (nSPS) is 18.5. The predicted octanol–water partition coefficient (Wildman–Crippen LogP) is 1.74. The van der Waals surface area contributed by atoms with Gasteiger partial charge in [0.15, 0.2) is 5.78 Å². The lowest BCUT2D eigenvalue weighted by atomic mass is 9.97. The fraction of sp³-hybridized carbons (Fsp3) is 0.667. The highest BCUT2D eigenvalue weighted by Gasteiger charge is 2.36. The van der Waals surface area contributed by atoms with Crippen molar-refractivity contribution in [2.45, 2.75) is 39.3 Å². The highest BCUT2D eigenvalue weighted by Crippen LogP contribution is 2.28. The summed E-state index contributed by atoms with van der Waals surface area (Å²) < 4.78 is 1.87. The van der Waals surface area contributed by atoms with Gasteiger partial charge < -0.3 is 0 Å². The molecule has 2 rings (SSSR count). The first-order valence-electron chi connectivity index (χ1n) is 5.69. The van der Waals surface area contributed by atoms with E-state index in [1.54, 1.807) is 19.2 Å². The van der Waals surface area contributed by atoms with Gasteiger partial charge in [0.2, 0.25) is 0 Å². The average molecular weight is 221 g/mol. The van der Waals surface area contributed by atoms with Crippen molar-refractivity contribution in [1.29, 1.82) is 0 Å². The molecule has 0 bridgehead atoms. The minimum Gasteiger partial charge on any atom is -0.294 e. The van der Waals surface area contributed by atoms with Crippen molar-refractivity contribution in [1.82, 2.24) is 14.7 Å². The molecule has 0 aromatic carbocycles. The molecule has 1 aliphatic rings. The molecule has 4 heteroatoms. The summed E-state index contributed by atoms with van der Waals surface area (Å²) in [6, 6.07) is 2.15. The van der Waals surface area contributed by atoms with Crippen LogP contribution in [0.2, 0.25) is 0 Å². The maximum Gasteiger partial charge on any atom is 0.177 e. The zero-order chi connectivity index (χ0) is 11.9. The third-order valence-electron chi connectivity index (χ3n) is 3.19. The first kappa shape index (κ1) is 11.3. The fourth-order valence-corrected chi connectivity index (χ4v) is 2.04. The van der Waals surface area contributed by atoms with Gasteiger partial charge in [0.25, 0.3) is 0 Å². The van der Waals surface area contributed by atoms with Gasteiger partial charge in [-0.3, -0.25) is 14.4 Å². The Morgan fingerprint density at radius 2 is 2.06 bits per heavy atom. The number of nitrogens with zero attached hydrogens (tertiary/aromatic N) is 3. The van der Waals surface area contributed by atoms with Crippen LogP contribution in [0, 0.1) is 0 Å². The predicted molar refractivity (Wildman–Crippen MR) is 62.6 cm³/mol. The van der Waals surface area contributed by atoms with Gasteiger partial charge in [0.1, 0.15) is 5.69 Å². The third kappa shape index (κ3) is 1.89. The maximum absolute atomic E-state index is 11.4. The largest absolute Gasteiger partial charge is 0.294 e. The summed E-state index contributed by atoms with van der Waals surface area (Å²) in [6.45, 7) is 10.2. The van der Waals surface area contributed by atoms with E-state index in [9.17, 15) is 4.79 Å². The lowest BCUT2D eigenvalue weighted by molar-refractivity contribution is 0.0145. The van der Waals surface area contributed by atoms with Crippen molar-refractivity contribution in [3.8, 4) is 0 Å². The molecule has 1 fully saturated rings. The first-order chi connectivity index (χ1) is 7.39. The zero-order valence-corrected chi connectivity index (χ0v) is 10.4. The number of carbonyl (C=O) groups is 1. The van der Waals surface area contributed by atoms with E-state index < -0.39 is 0 Å². The van der Waals surface area contributed by atoms with Gasteiger partial charge >= 0.3 is 0 Å². The van der Waals surface area contributed by atoms with E-state index in [0.29, 0.717) is 6.04 Å². The monoisotopic (exact) mass is 221 g/mol. The Balaban J connectivity index is 2.07. The minimum atomic E-state index is 0.0895. The molecule has 2 heterocycles. The van der Waals surface area contributed by atoms with Crippen LogP contribution in [0.5, 0.6) is 0 Å². The maximum atomic E-state index is 11.4. The van der Waals surface area contributed by atoms with E-state index in [-0.39, 0.29) is 11.3 Å². The molecular formula is C12H19N3O. The number of rotatable bonds is 2. The van der Waals surface area contributed by atoms with Gasteiger partial charge in [-0.05, 0) is 26.8 Å². The van der Waals surface area contributed by atoms with Crippen LogP contribution in [0.4, 0.5) is 0 Å². The summed E-state index contributed by atoms with van der Waals surface area (Å²) in [5, 5.41) is 4.25. The molecular weight excluding hydrogens is 202 g/mol. The summed E-state index contributed by atoms with van der Waals surface area (Å²) in [5.74, 6) is 0.0895. The van der Waals surface area contributed by atoms with Crippen molar-refractivity contribution in [3.63, 3.8) is 0 Å². The molecule has 0 saturated carbocycles. The number of Topliss-reactive ketones (excluding diaryl/α,β-unsaturated/α-hetero) is 1. The quantitative estimate of drug-likeness (QED) is 0.714. The topological polar surface area (TPSA) is 38.1 Å². The standard InChI is InChI=1S/C12H19N3O/c1-9(16)11-5-6-13-15(11)10-7-14(8-10)12(2,3)4/h5-6,10H,7-8H2,1-4H3. The van der Waals surface area contributed by atoms with E-state index in [0.717, 1.165) is 18.8 Å². The van der Waals surface area contributed by atoms with Gasteiger partial charge in [-0.25, -0.2) is 0 Å². The van der Waals surface area contributed by atoms with Crippen LogP contribution in [-0.2, 0) is 0 Å². The summed E-state index contributed by atoms with van der Waals surface area (Å²) in [6.07, 6.45) is 1.70. The second kappa shape index (κ2) is 3.70. The Hall–Kier alpha value is -1.16. The molecule has 1 aliphatic heterocycles. The van der Waals surface area contributed by atoms with Crippen molar-refractivity contribution < 1.29 is 4.79 Å². The van der Waals surface area contributed by atoms with Crippen LogP contribution in [0.25, 0.3) is 0 Å². The lowest BCUT2D eigenvalue weighted by Gasteiger charge is -2.47.